The fourth-order valence-electron chi connectivity index (χ4n) is 1.46. The van der Waals surface area contributed by atoms with Crippen LogP contribution in [0.4, 0.5) is 0 Å². The average molecular weight is 228 g/mol. The van der Waals surface area contributed by atoms with Gasteiger partial charge in [0.2, 0.25) is 0 Å². The van der Waals surface area contributed by atoms with E-state index in [0.717, 1.165) is 0 Å². The van der Waals surface area contributed by atoms with Crippen molar-refractivity contribution in [1.82, 2.24) is 0 Å². The molecule has 0 saturated carbocycles. The molecule has 0 aliphatic carbocycles. The predicted molar refractivity (Wildman–Crippen MR) is 55.4 cm³/mol. The van der Waals surface area contributed by atoms with E-state index in [-0.39, 0.29) is 36.7 Å². The molecular weight excluding hydrogens is 212 g/mol. The molecule has 5 nitrogen and oxygen atoms in total. The predicted octanol–water partition coefficient (Wildman–Crippen LogP) is 1.03. The van der Waals surface area contributed by atoms with Gasteiger partial charge in [0.05, 0.1) is 6.26 Å². The highest BCUT2D eigenvalue weighted by Gasteiger charge is 2.31. The smallest absolute Gasteiger partial charge is 0.303 e. The molecule has 0 unspecified atom stereocenters. The highest BCUT2D eigenvalue weighted by Crippen LogP contribution is 2.22. The summed E-state index contributed by atoms with van der Waals surface area (Å²) in [6.07, 6.45) is 2.54. The van der Waals surface area contributed by atoms with E-state index in [1.165, 1.54) is 20.1 Å². The molecule has 1 aliphatic rings. The quantitative estimate of drug-likeness (QED) is 0.675. The zero-order valence-electron chi connectivity index (χ0n) is 9.64. The second kappa shape index (κ2) is 5.53. The van der Waals surface area contributed by atoms with Crippen LogP contribution in [-0.4, -0.2) is 30.8 Å². The first-order valence-electron chi connectivity index (χ1n) is 5.13. The first-order valence-corrected chi connectivity index (χ1v) is 5.13. The first-order chi connectivity index (χ1) is 7.50. The normalized spacial score (nSPS) is 28.1. The van der Waals surface area contributed by atoms with E-state index in [4.69, 9.17) is 14.2 Å². The van der Waals surface area contributed by atoms with Gasteiger partial charge in [0.25, 0.3) is 0 Å². The number of rotatable bonds is 3. The molecule has 0 spiro atoms. The monoisotopic (exact) mass is 228 g/mol. The van der Waals surface area contributed by atoms with Gasteiger partial charge in [0, 0.05) is 19.8 Å². The minimum atomic E-state index is -0.352. The summed E-state index contributed by atoms with van der Waals surface area (Å²) in [4.78, 5) is 21.5. The molecule has 0 amide bonds. The Hall–Kier alpha value is -1.52. The van der Waals surface area contributed by atoms with E-state index in [0.29, 0.717) is 0 Å². The second-order valence-corrected chi connectivity index (χ2v) is 3.74. The van der Waals surface area contributed by atoms with E-state index in [1.54, 1.807) is 6.08 Å². The maximum absolute atomic E-state index is 10.8. The van der Waals surface area contributed by atoms with Crippen molar-refractivity contribution in [3.63, 3.8) is 0 Å². The van der Waals surface area contributed by atoms with Gasteiger partial charge >= 0.3 is 11.9 Å². The molecule has 1 aliphatic heterocycles. The zero-order valence-corrected chi connectivity index (χ0v) is 9.64. The Morgan fingerprint density at radius 3 is 2.56 bits per heavy atom. The van der Waals surface area contributed by atoms with Crippen molar-refractivity contribution in [1.29, 1.82) is 0 Å². The Bertz CT molecular complexity index is 297. The Balaban J connectivity index is 2.52. The van der Waals surface area contributed by atoms with E-state index < -0.39 is 0 Å². The summed E-state index contributed by atoms with van der Waals surface area (Å²) >= 11 is 0. The first kappa shape index (κ1) is 12.5. The average Bonchev–Trinajstić information content (AvgIpc) is 2.18. The number of esters is 2. The number of hydrogen-bond donors (Lipinski definition) is 0. The summed E-state index contributed by atoms with van der Waals surface area (Å²) in [7, 11) is 0. The molecule has 0 N–H and O–H groups in total. The second-order valence-electron chi connectivity index (χ2n) is 3.74. The molecule has 1 heterocycles. The molecule has 0 bridgehead atoms. The number of ether oxygens (including phenoxy) is 3. The summed E-state index contributed by atoms with van der Waals surface area (Å²) in [6, 6.07) is 0. The van der Waals surface area contributed by atoms with Crippen molar-refractivity contribution in [2.24, 2.45) is 5.92 Å². The number of hydrogen-bond acceptors (Lipinski definition) is 5. The van der Waals surface area contributed by atoms with E-state index in [1.807, 2.05) is 6.92 Å². The third-order valence-electron chi connectivity index (χ3n) is 2.38. The molecule has 1 rings (SSSR count). The van der Waals surface area contributed by atoms with Crippen molar-refractivity contribution >= 4 is 11.9 Å². The Morgan fingerprint density at radius 2 is 2.00 bits per heavy atom. The zero-order chi connectivity index (χ0) is 12.1. The maximum Gasteiger partial charge on any atom is 0.303 e. The molecule has 0 aromatic heterocycles. The van der Waals surface area contributed by atoms with Crippen LogP contribution >= 0.6 is 0 Å². The summed E-state index contributed by atoms with van der Waals surface area (Å²) in [5, 5.41) is 0. The molecule has 0 aromatic rings. The lowest BCUT2D eigenvalue weighted by molar-refractivity contribution is -0.155. The van der Waals surface area contributed by atoms with E-state index >= 15 is 0 Å². The molecule has 0 radical (unpaired) electrons. The molecular formula is C11H16O5. The topological polar surface area (TPSA) is 61.8 Å². The Kier molecular flexibility index (Phi) is 4.34. The van der Waals surface area contributed by atoms with Gasteiger partial charge in [0.1, 0.15) is 18.8 Å². The van der Waals surface area contributed by atoms with Gasteiger partial charge in [-0.3, -0.25) is 9.59 Å². The minimum Gasteiger partial charge on any atom is -0.494 e. The lowest BCUT2D eigenvalue weighted by Gasteiger charge is -2.31. The SMILES string of the molecule is CC(=O)OC[C@H]1OC=C[C@@H](OC(C)=O)[C@H]1C. The lowest BCUT2D eigenvalue weighted by Crippen LogP contribution is -2.38. The third kappa shape index (κ3) is 3.56. The van der Waals surface area contributed by atoms with Crippen LogP contribution in [0.3, 0.4) is 0 Å². The van der Waals surface area contributed by atoms with Gasteiger partial charge in [-0.05, 0) is 6.08 Å². The van der Waals surface area contributed by atoms with Crippen LogP contribution in [0, 0.1) is 5.92 Å². The van der Waals surface area contributed by atoms with Gasteiger partial charge in [-0.2, -0.15) is 0 Å². The Labute approximate surface area is 94.4 Å². The molecule has 0 saturated heterocycles. The fourth-order valence-corrected chi connectivity index (χ4v) is 1.46. The van der Waals surface area contributed by atoms with Crippen LogP contribution in [0.15, 0.2) is 12.3 Å². The van der Waals surface area contributed by atoms with E-state index in [2.05, 4.69) is 0 Å². The summed E-state index contributed by atoms with van der Waals surface area (Å²) in [5.41, 5.74) is 0. The molecule has 0 fully saturated rings. The molecule has 5 heteroatoms. The van der Waals surface area contributed by atoms with Gasteiger partial charge < -0.3 is 14.2 Å². The highest BCUT2D eigenvalue weighted by atomic mass is 16.6. The molecule has 90 valence electrons. The van der Waals surface area contributed by atoms with Crippen molar-refractivity contribution in [2.75, 3.05) is 6.61 Å². The fraction of sp³-hybridized carbons (Fsp3) is 0.636. The van der Waals surface area contributed by atoms with Crippen molar-refractivity contribution in [2.45, 2.75) is 33.0 Å². The van der Waals surface area contributed by atoms with Crippen molar-refractivity contribution in [3.05, 3.63) is 12.3 Å². The van der Waals surface area contributed by atoms with Gasteiger partial charge in [0.15, 0.2) is 0 Å². The van der Waals surface area contributed by atoms with Crippen LogP contribution in [0.1, 0.15) is 20.8 Å². The van der Waals surface area contributed by atoms with Gasteiger partial charge in [-0.15, -0.1) is 0 Å². The minimum absolute atomic E-state index is 0.0479. The van der Waals surface area contributed by atoms with Gasteiger partial charge in [-0.25, -0.2) is 0 Å². The largest absolute Gasteiger partial charge is 0.494 e. The van der Waals surface area contributed by atoms with Gasteiger partial charge in [-0.1, -0.05) is 6.92 Å². The van der Waals surface area contributed by atoms with Crippen LogP contribution in [0.25, 0.3) is 0 Å². The van der Waals surface area contributed by atoms with Crippen LogP contribution in [0.5, 0.6) is 0 Å². The molecule has 3 atom stereocenters. The third-order valence-corrected chi connectivity index (χ3v) is 2.38. The number of carbonyl (C=O) groups excluding carboxylic acids is 2. The summed E-state index contributed by atoms with van der Waals surface area (Å²) < 4.78 is 15.3. The maximum atomic E-state index is 10.8. The highest BCUT2D eigenvalue weighted by molar-refractivity contribution is 5.66. The lowest BCUT2D eigenvalue weighted by atomic mass is 9.96. The van der Waals surface area contributed by atoms with Crippen LogP contribution < -0.4 is 0 Å². The Morgan fingerprint density at radius 1 is 1.31 bits per heavy atom. The van der Waals surface area contributed by atoms with Crippen LogP contribution in [0.2, 0.25) is 0 Å². The number of carbonyl (C=O) groups is 2. The van der Waals surface area contributed by atoms with Crippen LogP contribution in [-0.2, 0) is 23.8 Å². The molecule has 16 heavy (non-hydrogen) atoms. The van der Waals surface area contributed by atoms with Crippen molar-refractivity contribution < 1.29 is 23.8 Å². The summed E-state index contributed by atoms with van der Waals surface area (Å²) in [5.74, 6) is -0.739. The standard InChI is InChI=1S/C11H16O5/c1-7-10(16-9(3)13)4-5-14-11(7)6-15-8(2)12/h4-5,7,10-11H,6H2,1-3H3/t7-,10-,11-/m1/s1. The summed E-state index contributed by atoms with van der Waals surface area (Å²) in [6.45, 7) is 4.74. The molecule has 0 aromatic carbocycles. The van der Waals surface area contributed by atoms with E-state index in [9.17, 15) is 9.59 Å². The van der Waals surface area contributed by atoms with Crippen molar-refractivity contribution in [3.8, 4) is 0 Å².